The third-order valence-corrected chi connectivity index (χ3v) is 10.1. The first kappa shape index (κ1) is 27.8. The second kappa shape index (κ2) is 11.6. The highest BCUT2D eigenvalue weighted by atomic mass is 16.5. The lowest BCUT2D eigenvalue weighted by Crippen LogP contribution is -2.56. The quantitative estimate of drug-likeness (QED) is 0.298. The number of anilines is 1. The first-order chi connectivity index (χ1) is 21.1. The van der Waals surface area contributed by atoms with Gasteiger partial charge in [0.05, 0.1) is 11.1 Å². The van der Waals surface area contributed by atoms with Crippen molar-refractivity contribution in [1.82, 2.24) is 24.8 Å². The molecule has 0 radical (unpaired) electrons. The first-order valence-corrected chi connectivity index (χ1v) is 15.8. The van der Waals surface area contributed by atoms with Gasteiger partial charge >= 0.3 is 6.01 Å². The predicted octanol–water partition coefficient (Wildman–Crippen LogP) is 4.70. The molecular formula is C34H39N7O2. The van der Waals surface area contributed by atoms with Crippen LogP contribution >= 0.6 is 0 Å². The molecule has 0 unspecified atom stereocenters. The number of hydrogen-bond donors (Lipinski definition) is 0. The van der Waals surface area contributed by atoms with Crippen LogP contribution in [0.2, 0.25) is 0 Å². The Morgan fingerprint density at radius 1 is 1.09 bits per heavy atom. The first-order valence-electron chi connectivity index (χ1n) is 15.8. The van der Waals surface area contributed by atoms with Gasteiger partial charge < -0.3 is 19.4 Å². The number of pyridine rings is 1. The van der Waals surface area contributed by atoms with Crippen molar-refractivity contribution in [3.8, 4) is 17.1 Å². The molecule has 3 aromatic rings. The molecule has 222 valence electrons. The number of aromatic nitrogens is 3. The molecule has 1 aliphatic carbocycles. The summed E-state index contributed by atoms with van der Waals surface area (Å²) in [7, 11) is 0. The van der Waals surface area contributed by atoms with Gasteiger partial charge in [-0.05, 0) is 99.4 Å². The number of ether oxygens (including phenoxy) is 1. The van der Waals surface area contributed by atoms with Crippen LogP contribution in [0.3, 0.4) is 0 Å². The average molecular weight is 578 g/mol. The maximum atomic E-state index is 12.6. The summed E-state index contributed by atoms with van der Waals surface area (Å²) >= 11 is 0. The third-order valence-electron chi connectivity index (χ3n) is 10.1. The fraction of sp³-hybridized carbons (Fsp3) is 0.500. The molecule has 0 N–H and O–H groups in total. The second-order valence-electron chi connectivity index (χ2n) is 12.5. The fourth-order valence-electron chi connectivity index (χ4n) is 7.85. The van der Waals surface area contributed by atoms with Gasteiger partial charge in [-0.25, -0.2) is 6.57 Å². The summed E-state index contributed by atoms with van der Waals surface area (Å²) in [4.78, 5) is 37.3. The Morgan fingerprint density at radius 3 is 2.74 bits per heavy atom. The van der Waals surface area contributed by atoms with Gasteiger partial charge in [-0.15, -0.1) is 0 Å². The number of rotatable bonds is 7. The SMILES string of the molecule is [C-]#[N+]C[C@H]1CN(c2nc(OCC34CCCN3CCC4)nc3cc(-c4cncc5c4CCCC5)ccc23)CCN1C(=O)C=C. The molecule has 3 saturated heterocycles. The predicted molar refractivity (Wildman–Crippen MR) is 167 cm³/mol. The average Bonchev–Trinajstić information content (AvgIpc) is 3.63. The van der Waals surface area contributed by atoms with E-state index in [1.807, 2.05) is 12.4 Å². The normalized spacial score (nSPS) is 21.3. The van der Waals surface area contributed by atoms with Gasteiger partial charge in [-0.1, -0.05) is 12.6 Å². The van der Waals surface area contributed by atoms with E-state index in [9.17, 15) is 4.79 Å². The summed E-state index contributed by atoms with van der Waals surface area (Å²) < 4.78 is 6.49. The van der Waals surface area contributed by atoms with E-state index in [0.717, 1.165) is 61.1 Å². The minimum atomic E-state index is -0.239. The monoisotopic (exact) mass is 577 g/mol. The highest BCUT2D eigenvalue weighted by Crippen LogP contribution is 2.40. The molecule has 1 aromatic carbocycles. The van der Waals surface area contributed by atoms with Crippen LogP contribution in [0, 0.1) is 6.57 Å². The van der Waals surface area contributed by atoms with Crippen molar-refractivity contribution in [2.75, 3.05) is 50.8 Å². The number of benzene rings is 1. The summed E-state index contributed by atoms with van der Waals surface area (Å²) in [6.07, 6.45) is 14.7. The molecule has 2 aromatic heterocycles. The van der Waals surface area contributed by atoms with Crippen LogP contribution in [0.5, 0.6) is 6.01 Å². The maximum Gasteiger partial charge on any atom is 0.319 e. The molecule has 1 amide bonds. The van der Waals surface area contributed by atoms with E-state index >= 15 is 0 Å². The van der Waals surface area contributed by atoms with Crippen LogP contribution in [0.25, 0.3) is 26.9 Å². The minimum Gasteiger partial charge on any atom is -0.461 e. The van der Waals surface area contributed by atoms with Gasteiger partial charge in [0.2, 0.25) is 12.5 Å². The van der Waals surface area contributed by atoms with Crippen LogP contribution in [0.4, 0.5) is 5.82 Å². The van der Waals surface area contributed by atoms with E-state index in [0.29, 0.717) is 32.3 Å². The molecule has 0 saturated carbocycles. The van der Waals surface area contributed by atoms with Crippen molar-refractivity contribution in [3.63, 3.8) is 0 Å². The molecule has 0 bridgehead atoms. The van der Waals surface area contributed by atoms with Crippen molar-refractivity contribution in [2.24, 2.45) is 0 Å². The maximum absolute atomic E-state index is 12.6. The number of carbonyl (C=O) groups is 1. The zero-order valence-corrected chi connectivity index (χ0v) is 24.8. The summed E-state index contributed by atoms with van der Waals surface area (Å²) in [5, 5.41) is 0.945. The standard InChI is InChI=1S/C34H39N7O2/c1-3-31(42)41-17-16-39(22-26(41)20-35-2)32-28-11-10-24(29-21-36-19-25-8-4-5-9-27(25)29)18-30(28)37-33(38-32)43-23-34-12-6-14-40(34)15-7-13-34/h3,10-11,18-19,21,26H,1,4-9,12-17,20,22-23H2/t26-/m0/s1. The molecule has 7 rings (SSSR count). The highest BCUT2D eigenvalue weighted by molar-refractivity contribution is 5.93. The molecule has 3 fully saturated rings. The van der Waals surface area contributed by atoms with E-state index in [1.165, 1.54) is 48.4 Å². The van der Waals surface area contributed by atoms with Crippen LogP contribution in [-0.2, 0) is 17.6 Å². The molecular weight excluding hydrogens is 538 g/mol. The Morgan fingerprint density at radius 2 is 1.93 bits per heavy atom. The Balaban J connectivity index is 1.27. The number of aryl methyl sites for hydroxylation is 1. The summed E-state index contributed by atoms with van der Waals surface area (Å²) in [5.41, 5.74) is 5.97. The van der Waals surface area contributed by atoms with Gasteiger partial charge in [0, 0.05) is 43.0 Å². The summed E-state index contributed by atoms with van der Waals surface area (Å²) in [5.74, 6) is 0.666. The Bertz CT molecular complexity index is 1590. The van der Waals surface area contributed by atoms with E-state index < -0.39 is 0 Å². The van der Waals surface area contributed by atoms with Crippen LogP contribution < -0.4 is 9.64 Å². The van der Waals surface area contributed by atoms with Crippen LogP contribution in [0.1, 0.15) is 49.7 Å². The highest BCUT2D eigenvalue weighted by Gasteiger charge is 2.45. The van der Waals surface area contributed by atoms with Crippen LogP contribution in [-0.4, -0.2) is 88.1 Å². The topological polar surface area (TPSA) is 79.1 Å². The zero-order valence-electron chi connectivity index (χ0n) is 24.8. The van der Waals surface area contributed by atoms with E-state index in [1.54, 1.807) is 4.90 Å². The number of carbonyl (C=O) groups excluding carboxylic acids is 1. The number of amides is 1. The molecule has 9 nitrogen and oxygen atoms in total. The Hall–Kier alpha value is -4.03. The van der Waals surface area contributed by atoms with Crippen molar-refractivity contribution >= 4 is 22.6 Å². The number of hydrogen-bond acceptors (Lipinski definition) is 7. The van der Waals surface area contributed by atoms with Crippen molar-refractivity contribution < 1.29 is 9.53 Å². The Kier molecular flexibility index (Phi) is 7.48. The largest absolute Gasteiger partial charge is 0.461 e. The van der Waals surface area contributed by atoms with Gasteiger partial charge in [-0.3, -0.25) is 14.7 Å². The molecule has 0 spiro atoms. The number of piperazine rings is 1. The van der Waals surface area contributed by atoms with E-state index in [4.69, 9.17) is 21.3 Å². The number of fused-ring (bicyclic) bond motifs is 3. The summed E-state index contributed by atoms with van der Waals surface area (Å²) in [6.45, 7) is 15.9. The van der Waals surface area contributed by atoms with Gasteiger partial charge in [0.1, 0.15) is 18.5 Å². The smallest absolute Gasteiger partial charge is 0.319 e. The lowest BCUT2D eigenvalue weighted by atomic mass is 9.87. The lowest BCUT2D eigenvalue weighted by Gasteiger charge is -2.39. The zero-order chi connectivity index (χ0) is 29.4. The van der Waals surface area contributed by atoms with Crippen molar-refractivity contribution in [1.29, 1.82) is 0 Å². The van der Waals surface area contributed by atoms with Crippen LogP contribution in [0.15, 0.2) is 43.2 Å². The Labute approximate surface area is 253 Å². The number of nitrogens with zero attached hydrogens (tertiary/aromatic N) is 7. The lowest BCUT2D eigenvalue weighted by molar-refractivity contribution is -0.128. The molecule has 4 aliphatic rings. The fourth-order valence-corrected chi connectivity index (χ4v) is 7.85. The summed E-state index contributed by atoms with van der Waals surface area (Å²) in [6, 6.07) is 6.59. The van der Waals surface area contributed by atoms with Crippen molar-refractivity contribution in [3.05, 3.63) is 65.8 Å². The van der Waals surface area contributed by atoms with E-state index in [2.05, 4.69) is 44.4 Å². The molecule has 5 heterocycles. The second-order valence-corrected chi connectivity index (χ2v) is 12.5. The molecule has 43 heavy (non-hydrogen) atoms. The minimum absolute atomic E-state index is 0.0898. The van der Waals surface area contributed by atoms with Gasteiger partial charge in [0.15, 0.2) is 0 Å². The van der Waals surface area contributed by atoms with Gasteiger partial charge in [0.25, 0.3) is 0 Å². The van der Waals surface area contributed by atoms with Crippen molar-refractivity contribution in [2.45, 2.75) is 62.9 Å². The molecule has 1 atom stereocenters. The molecule has 9 heteroatoms. The molecule has 3 aliphatic heterocycles. The van der Waals surface area contributed by atoms with E-state index in [-0.39, 0.29) is 24.0 Å². The van der Waals surface area contributed by atoms with Gasteiger partial charge in [-0.2, -0.15) is 9.97 Å². The third kappa shape index (κ3) is 5.12.